The van der Waals surface area contributed by atoms with Crippen molar-refractivity contribution in [3.05, 3.63) is 0 Å². The van der Waals surface area contributed by atoms with E-state index in [9.17, 15) is 9.59 Å². The van der Waals surface area contributed by atoms with Crippen molar-refractivity contribution in [1.29, 1.82) is 0 Å². The molecule has 0 aromatic rings. The highest BCUT2D eigenvalue weighted by atomic mass is 16.4. The molecule has 0 amide bonds. The van der Waals surface area contributed by atoms with E-state index < -0.39 is 12.0 Å². The van der Waals surface area contributed by atoms with Crippen LogP contribution < -0.4 is 5.73 Å². The van der Waals surface area contributed by atoms with E-state index in [1.54, 1.807) is 0 Å². The number of unbranched alkanes of at least 4 members (excludes halogenated alkanes) is 15. The molecule has 0 rings (SSSR count). The molecule has 0 aliphatic rings. The van der Waals surface area contributed by atoms with Crippen LogP contribution in [0.25, 0.3) is 0 Å². The van der Waals surface area contributed by atoms with Gasteiger partial charge in [-0.1, -0.05) is 103 Å². The highest BCUT2D eigenvalue weighted by molar-refractivity contribution is 5.84. The lowest BCUT2D eigenvalue weighted by Gasteiger charge is -2.08. The van der Waals surface area contributed by atoms with Gasteiger partial charge in [0.15, 0.2) is 0 Å². The summed E-state index contributed by atoms with van der Waals surface area (Å²) >= 11 is 0. The summed E-state index contributed by atoms with van der Waals surface area (Å²) in [5.74, 6) is -0.873. The van der Waals surface area contributed by atoms with Crippen molar-refractivity contribution in [3.63, 3.8) is 0 Å². The summed E-state index contributed by atoms with van der Waals surface area (Å²) in [6.45, 7) is 2.27. The third-order valence-electron chi connectivity index (χ3n) is 5.36. The molecule has 0 aromatic heterocycles. The summed E-state index contributed by atoms with van der Waals surface area (Å²) in [5, 5.41) is 8.60. The monoisotopic (exact) mass is 383 g/mol. The number of carbonyl (C=O) groups is 2. The van der Waals surface area contributed by atoms with Gasteiger partial charge in [-0.3, -0.25) is 9.59 Å². The number of hydrogen-bond acceptors (Lipinski definition) is 3. The first-order chi connectivity index (χ1) is 13.1. The van der Waals surface area contributed by atoms with Crippen molar-refractivity contribution in [2.45, 2.75) is 135 Å². The Bertz CT molecular complexity index is 358. The molecule has 4 heteroatoms. The standard InChI is InChI=1S/C23H45NO3/c1-2-3-4-5-6-7-8-9-10-11-12-13-14-15-16-17-18-22(25)21(24)19-20-23(26)27/h21H,2-20,24H2,1H3,(H,26,27). The van der Waals surface area contributed by atoms with Crippen molar-refractivity contribution >= 4 is 11.8 Å². The van der Waals surface area contributed by atoms with Crippen LogP contribution in [0, 0.1) is 0 Å². The van der Waals surface area contributed by atoms with Crippen LogP contribution in [0.1, 0.15) is 129 Å². The smallest absolute Gasteiger partial charge is 0.303 e. The number of carboxylic acid groups (broad SMARTS) is 1. The van der Waals surface area contributed by atoms with E-state index in [1.807, 2.05) is 0 Å². The van der Waals surface area contributed by atoms with E-state index in [0.29, 0.717) is 6.42 Å². The normalized spacial score (nSPS) is 12.2. The minimum Gasteiger partial charge on any atom is -0.481 e. The van der Waals surface area contributed by atoms with Gasteiger partial charge in [-0.15, -0.1) is 0 Å². The number of carboxylic acids is 1. The van der Waals surface area contributed by atoms with Crippen molar-refractivity contribution in [2.24, 2.45) is 5.73 Å². The number of ketones is 1. The molecule has 0 bridgehead atoms. The first-order valence-electron chi connectivity index (χ1n) is 11.6. The number of nitrogens with two attached hydrogens (primary N) is 1. The Morgan fingerprint density at radius 3 is 1.41 bits per heavy atom. The minimum atomic E-state index is -0.888. The van der Waals surface area contributed by atoms with Gasteiger partial charge in [0.1, 0.15) is 5.78 Å². The Balaban J connectivity index is 3.22. The summed E-state index contributed by atoms with van der Waals surface area (Å²) < 4.78 is 0. The average molecular weight is 384 g/mol. The van der Waals surface area contributed by atoms with Gasteiger partial charge in [0, 0.05) is 12.8 Å². The molecule has 0 saturated carbocycles. The molecule has 0 heterocycles. The Kier molecular flexibility index (Phi) is 19.2. The number of carbonyl (C=O) groups excluding carboxylic acids is 1. The van der Waals surface area contributed by atoms with Crippen molar-refractivity contribution in [1.82, 2.24) is 0 Å². The molecule has 0 aromatic carbocycles. The van der Waals surface area contributed by atoms with E-state index in [0.717, 1.165) is 12.8 Å². The third-order valence-corrected chi connectivity index (χ3v) is 5.36. The topological polar surface area (TPSA) is 80.4 Å². The third kappa shape index (κ3) is 19.7. The van der Waals surface area contributed by atoms with Gasteiger partial charge >= 0.3 is 5.97 Å². The summed E-state index contributed by atoms with van der Waals surface area (Å²) in [6, 6.07) is -0.600. The molecule has 160 valence electrons. The largest absolute Gasteiger partial charge is 0.481 e. The van der Waals surface area contributed by atoms with Crippen LogP contribution in [0.4, 0.5) is 0 Å². The van der Waals surface area contributed by atoms with Crippen LogP contribution in [0.3, 0.4) is 0 Å². The molecule has 1 atom stereocenters. The zero-order chi connectivity index (χ0) is 20.2. The van der Waals surface area contributed by atoms with E-state index in [-0.39, 0.29) is 18.6 Å². The van der Waals surface area contributed by atoms with Gasteiger partial charge in [-0.25, -0.2) is 0 Å². The fourth-order valence-corrected chi connectivity index (χ4v) is 3.47. The van der Waals surface area contributed by atoms with Gasteiger partial charge < -0.3 is 10.8 Å². The summed E-state index contributed by atoms with van der Waals surface area (Å²) in [5.41, 5.74) is 5.72. The lowest BCUT2D eigenvalue weighted by Crippen LogP contribution is -2.30. The Hall–Kier alpha value is -0.900. The Morgan fingerprint density at radius 1 is 0.667 bits per heavy atom. The SMILES string of the molecule is CCCCCCCCCCCCCCCCCCC(=O)C(N)CCC(=O)O. The van der Waals surface area contributed by atoms with E-state index >= 15 is 0 Å². The molecule has 0 radical (unpaired) electrons. The number of aliphatic carboxylic acids is 1. The maximum absolute atomic E-state index is 11.8. The molecule has 27 heavy (non-hydrogen) atoms. The quantitative estimate of drug-likeness (QED) is 0.225. The zero-order valence-electron chi connectivity index (χ0n) is 17.9. The molecule has 0 spiro atoms. The van der Waals surface area contributed by atoms with Crippen LogP contribution in [0.15, 0.2) is 0 Å². The van der Waals surface area contributed by atoms with Crippen LogP contribution in [0.2, 0.25) is 0 Å². The number of rotatable bonds is 21. The molecule has 0 aliphatic heterocycles. The maximum atomic E-state index is 11.8. The Labute approximate surface area is 167 Å². The van der Waals surface area contributed by atoms with Crippen LogP contribution >= 0.6 is 0 Å². The van der Waals surface area contributed by atoms with Crippen molar-refractivity contribution in [3.8, 4) is 0 Å². The van der Waals surface area contributed by atoms with E-state index in [2.05, 4.69) is 6.92 Å². The lowest BCUT2D eigenvalue weighted by molar-refractivity contribution is -0.137. The molecular weight excluding hydrogens is 338 g/mol. The summed E-state index contributed by atoms with van der Waals surface area (Å²) in [6.07, 6.45) is 21.8. The fourth-order valence-electron chi connectivity index (χ4n) is 3.47. The molecule has 0 fully saturated rings. The zero-order valence-corrected chi connectivity index (χ0v) is 17.9. The second-order valence-corrected chi connectivity index (χ2v) is 8.06. The predicted molar refractivity (Wildman–Crippen MR) is 114 cm³/mol. The van der Waals surface area contributed by atoms with Gasteiger partial charge in [0.25, 0.3) is 0 Å². The van der Waals surface area contributed by atoms with Gasteiger partial charge in [0.2, 0.25) is 0 Å². The second-order valence-electron chi connectivity index (χ2n) is 8.06. The molecular formula is C23H45NO3. The predicted octanol–water partition coefficient (Wildman–Crippen LogP) is 6.40. The number of hydrogen-bond donors (Lipinski definition) is 2. The molecule has 0 saturated heterocycles. The molecule has 3 N–H and O–H groups in total. The second kappa shape index (κ2) is 19.9. The fraction of sp³-hybridized carbons (Fsp3) is 0.913. The van der Waals surface area contributed by atoms with Gasteiger partial charge in [-0.05, 0) is 12.8 Å². The average Bonchev–Trinajstić information content (AvgIpc) is 2.65. The minimum absolute atomic E-state index is 0.0154. The first kappa shape index (κ1) is 26.1. The molecule has 4 nitrogen and oxygen atoms in total. The summed E-state index contributed by atoms with van der Waals surface area (Å²) in [7, 11) is 0. The van der Waals surface area contributed by atoms with E-state index in [1.165, 1.54) is 89.9 Å². The van der Waals surface area contributed by atoms with Crippen molar-refractivity contribution < 1.29 is 14.7 Å². The van der Waals surface area contributed by atoms with Crippen LogP contribution in [0.5, 0.6) is 0 Å². The highest BCUT2D eigenvalue weighted by Gasteiger charge is 2.14. The molecule has 0 aliphatic carbocycles. The summed E-state index contributed by atoms with van der Waals surface area (Å²) in [4.78, 5) is 22.3. The number of Topliss-reactive ketones (excluding diaryl/α,β-unsaturated/α-hetero) is 1. The highest BCUT2D eigenvalue weighted by Crippen LogP contribution is 2.14. The van der Waals surface area contributed by atoms with Crippen LogP contribution in [-0.4, -0.2) is 22.9 Å². The van der Waals surface area contributed by atoms with Gasteiger partial charge in [0.05, 0.1) is 6.04 Å². The van der Waals surface area contributed by atoms with E-state index in [4.69, 9.17) is 10.8 Å². The lowest BCUT2D eigenvalue weighted by atomic mass is 10.0. The molecule has 1 unspecified atom stereocenters. The van der Waals surface area contributed by atoms with Crippen LogP contribution in [-0.2, 0) is 9.59 Å². The Morgan fingerprint density at radius 2 is 1.04 bits per heavy atom. The van der Waals surface area contributed by atoms with Crippen molar-refractivity contribution in [2.75, 3.05) is 0 Å². The van der Waals surface area contributed by atoms with Gasteiger partial charge in [-0.2, -0.15) is 0 Å². The first-order valence-corrected chi connectivity index (χ1v) is 11.6. The maximum Gasteiger partial charge on any atom is 0.303 e.